The number of nitrogens with one attached hydrogen (secondary N) is 1. The van der Waals surface area contributed by atoms with E-state index in [1.807, 2.05) is 0 Å². The molecule has 0 saturated carbocycles. The molecule has 0 fully saturated rings. The lowest BCUT2D eigenvalue weighted by Crippen LogP contribution is -2.17. The van der Waals surface area contributed by atoms with E-state index < -0.39 is 5.82 Å². The minimum atomic E-state index is -0.427. The summed E-state index contributed by atoms with van der Waals surface area (Å²) in [5.74, 6) is -0.542. The van der Waals surface area contributed by atoms with Crippen molar-refractivity contribution in [3.8, 4) is 0 Å². The molecule has 0 aliphatic heterocycles. The van der Waals surface area contributed by atoms with Gasteiger partial charge in [0.2, 0.25) is 0 Å². The number of benzene rings is 1. The lowest BCUT2D eigenvalue weighted by molar-refractivity contribution is 0.318. The summed E-state index contributed by atoms with van der Waals surface area (Å²) >= 11 is 3.21. The van der Waals surface area contributed by atoms with Crippen LogP contribution in [0.4, 0.5) is 4.39 Å². The van der Waals surface area contributed by atoms with Crippen LogP contribution in [0.15, 0.2) is 34.4 Å². The molecule has 0 spiro atoms. The highest BCUT2D eigenvalue weighted by atomic mass is 79.9. The summed E-state index contributed by atoms with van der Waals surface area (Å²) in [5.41, 5.74) is 6.46. The van der Waals surface area contributed by atoms with Crippen LogP contribution in [0.1, 0.15) is 11.1 Å². The van der Waals surface area contributed by atoms with Gasteiger partial charge >= 0.3 is 0 Å². The Hall–Kier alpha value is -1.40. The van der Waals surface area contributed by atoms with Gasteiger partial charge in [0.15, 0.2) is 5.84 Å². The highest BCUT2D eigenvalue weighted by Crippen LogP contribution is 2.09. The predicted molar refractivity (Wildman–Crippen MR) is 68.7 cm³/mol. The van der Waals surface area contributed by atoms with Crippen molar-refractivity contribution in [2.75, 3.05) is 6.54 Å². The van der Waals surface area contributed by atoms with Gasteiger partial charge in [0.05, 0.1) is 0 Å². The molecule has 92 valence electrons. The van der Waals surface area contributed by atoms with Gasteiger partial charge in [-0.25, -0.2) is 4.39 Å². The van der Waals surface area contributed by atoms with Gasteiger partial charge in [0.1, 0.15) is 5.82 Å². The van der Waals surface area contributed by atoms with E-state index in [2.05, 4.69) is 33.0 Å². The van der Waals surface area contributed by atoms with E-state index in [1.54, 1.807) is 6.07 Å². The number of nitrogens with two attached hydrogens (primary N) is 1. The molecule has 4 nitrogen and oxygen atoms in total. The summed E-state index contributed by atoms with van der Waals surface area (Å²) in [5, 5.41) is 14.4. The van der Waals surface area contributed by atoms with Gasteiger partial charge in [-0.2, -0.15) is 0 Å². The van der Waals surface area contributed by atoms with E-state index in [4.69, 9.17) is 10.9 Å². The highest BCUT2D eigenvalue weighted by Gasteiger charge is 2.04. The maximum absolute atomic E-state index is 13.3. The van der Waals surface area contributed by atoms with Gasteiger partial charge in [-0.3, -0.25) is 0 Å². The number of amidine groups is 1. The Bertz CT molecular complexity index is 448. The molecule has 0 aliphatic rings. The molecule has 0 amide bonds. The molecular formula is C11H13BrFN3O. The van der Waals surface area contributed by atoms with Crippen LogP contribution >= 0.6 is 15.9 Å². The number of nitrogens with zero attached hydrogens (tertiary/aromatic N) is 1. The molecule has 0 atom stereocenters. The average Bonchev–Trinajstić information content (AvgIpc) is 2.26. The van der Waals surface area contributed by atoms with Crippen LogP contribution in [0.2, 0.25) is 0 Å². The zero-order chi connectivity index (χ0) is 12.8. The second-order valence-corrected chi connectivity index (χ2v) is 4.58. The Morgan fingerprint density at radius 1 is 1.53 bits per heavy atom. The Morgan fingerprint density at radius 3 is 2.82 bits per heavy atom. The van der Waals surface area contributed by atoms with Crippen LogP contribution in [0, 0.1) is 5.82 Å². The van der Waals surface area contributed by atoms with Crippen molar-refractivity contribution in [2.45, 2.75) is 6.54 Å². The molecule has 0 aliphatic carbocycles. The third-order valence-corrected chi connectivity index (χ3v) is 2.29. The van der Waals surface area contributed by atoms with E-state index in [-0.39, 0.29) is 5.84 Å². The number of hydrogen-bond donors (Lipinski definition) is 3. The maximum atomic E-state index is 13.3. The Kier molecular flexibility index (Phi) is 5.11. The zero-order valence-electron chi connectivity index (χ0n) is 9.08. The molecule has 1 aromatic carbocycles. The molecule has 0 saturated heterocycles. The molecule has 1 aromatic rings. The third kappa shape index (κ3) is 4.54. The zero-order valence-corrected chi connectivity index (χ0v) is 10.7. The standard InChI is InChI=1S/C11H13BrFN3O/c1-7(12)5-15-6-8-2-9(11(14)16-17)4-10(13)3-8/h2-4,15,17H,1,5-6H2,(H2,14,16). The number of halogens is 2. The highest BCUT2D eigenvalue weighted by molar-refractivity contribution is 9.11. The third-order valence-electron chi connectivity index (χ3n) is 2.01. The van der Waals surface area contributed by atoms with Crippen LogP contribution in [-0.4, -0.2) is 17.6 Å². The summed E-state index contributed by atoms with van der Waals surface area (Å²) in [6.07, 6.45) is 0. The number of oxime groups is 1. The van der Waals surface area contributed by atoms with E-state index >= 15 is 0 Å². The summed E-state index contributed by atoms with van der Waals surface area (Å²) in [7, 11) is 0. The monoisotopic (exact) mass is 301 g/mol. The van der Waals surface area contributed by atoms with Gasteiger partial charge in [-0.1, -0.05) is 27.7 Å². The quantitative estimate of drug-likeness (QED) is 0.337. The van der Waals surface area contributed by atoms with E-state index in [1.165, 1.54) is 12.1 Å². The van der Waals surface area contributed by atoms with Crippen molar-refractivity contribution in [1.29, 1.82) is 0 Å². The van der Waals surface area contributed by atoms with Crippen molar-refractivity contribution in [1.82, 2.24) is 5.32 Å². The number of hydrogen-bond acceptors (Lipinski definition) is 3. The molecule has 17 heavy (non-hydrogen) atoms. The summed E-state index contributed by atoms with van der Waals surface area (Å²) in [4.78, 5) is 0. The maximum Gasteiger partial charge on any atom is 0.170 e. The van der Waals surface area contributed by atoms with Crippen molar-refractivity contribution in [3.63, 3.8) is 0 Å². The summed E-state index contributed by atoms with van der Waals surface area (Å²) in [6.45, 7) is 4.72. The van der Waals surface area contributed by atoms with E-state index in [9.17, 15) is 4.39 Å². The van der Waals surface area contributed by atoms with Gasteiger partial charge in [-0.15, -0.1) is 0 Å². The molecular weight excluding hydrogens is 289 g/mol. The first-order valence-corrected chi connectivity index (χ1v) is 5.63. The fourth-order valence-corrected chi connectivity index (χ4v) is 1.50. The lowest BCUT2D eigenvalue weighted by atomic mass is 10.1. The Labute approximate surface area is 107 Å². The molecule has 0 bridgehead atoms. The predicted octanol–water partition coefficient (Wildman–Crippen LogP) is 1.92. The lowest BCUT2D eigenvalue weighted by Gasteiger charge is -2.06. The van der Waals surface area contributed by atoms with Gasteiger partial charge in [0, 0.05) is 23.1 Å². The average molecular weight is 302 g/mol. The Morgan fingerprint density at radius 2 is 2.24 bits per heavy atom. The summed E-state index contributed by atoms with van der Waals surface area (Å²) in [6, 6.07) is 4.25. The molecule has 0 heterocycles. The second kappa shape index (κ2) is 6.36. The van der Waals surface area contributed by atoms with Crippen LogP contribution in [0.5, 0.6) is 0 Å². The molecule has 0 unspecified atom stereocenters. The largest absolute Gasteiger partial charge is 0.409 e. The smallest absolute Gasteiger partial charge is 0.170 e. The van der Waals surface area contributed by atoms with Crippen molar-refractivity contribution in [2.24, 2.45) is 10.9 Å². The van der Waals surface area contributed by atoms with Gasteiger partial charge < -0.3 is 16.3 Å². The molecule has 1 rings (SSSR count). The van der Waals surface area contributed by atoms with Crippen molar-refractivity contribution >= 4 is 21.8 Å². The fraction of sp³-hybridized carbons (Fsp3) is 0.182. The first-order chi connectivity index (χ1) is 8.02. The molecule has 0 radical (unpaired) electrons. The SMILES string of the molecule is C=C(Br)CNCc1cc(F)cc(/C(N)=N\O)c1. The normalized spacial score (nSPS) is 11.5. The molecule has 0 aromatic heterocycles. The fourth-order valence-electron chi connectivity index (χ4n) is 1.30. The van der Waals surface area contributed by atoms with Crippen LogP contribution in [-0.2, 0) is 6.54 Å². The second-order valence-electron chi connectivity index (χ2n) is 3.45. The minimum absolute atomic E-state index is 0.115. The van der Waals surface area contributed by atoms with E-state index in [0.717, 1.165) is 4.48 Å². The Balaban J connectivity index is 2.79. The minimum Gasteiger partial charge on any atom is -0.409 e. The molecule has 4 N–H and O–H groups in total. The van der Waals surface area contributed by atoms with Crippen LogP contribution in [0.3, 0.4) is 0 Å². The first kappa shape index (κ1) is 13.7. The van der Waals surface area contributed by atoms with Crippen LogP contribution < -0.4 is 11.1 Å². The van der Waals surface area contributed by atoms with Gasteiger partial charge in [0.25, 0.3) is 0 Å². The summed E-state index contributed by atoms with van der Waals surface area (Å²) < 4.78 is 14.1. The first-order valence-electron chi connectivity index (χ1n) is 4.84. The van der Waals surface area contributed by atoms with E-state index in [0.29, 0.717) is 24.2 Å². The molecule has 6 heteroatoms. The van der Waals surface area contributed by atoms with Crippen molar-refractivity contribution in [3.05, 3.63) is 46.2 Å². The van der Waals surface area contributed by atoms with Crippen LogP contribution in [0.25, 0.3) is 0 Å². The van der Waals surface area contributed by atoms with Crippen molar-refractivity contribution < 1.29 is 9.60 Å². The topological polar surface area (TPSA) is 70.6 Å². The number of rotatable bonds is 5. The van der Waals surface area contributed by atoms with Gasteiger partial charge in [-0.05, 0) is 23.8 Å².